The first-order valence-electron chi connectivity index (χ1n) is 10.1. The highest BCUT2D eigenvalue weighted by Crippen LogP contribution is 2.23. The maximum Gasteiger partial charge on any atom is 0.322 e. The molecule has 3 heterocycles. The van der Waals surface area contributed by atoms with Crippen molar-refractivity contribution in [1.29, 1.82) is 0 Å². The van der Waals surface area contributed by atoms with Crippen LogP contribution in [0.4, 0.5) is 14.9 Å². The van der Waals surface area contributed by atoms with Gasteiger partial charge in [0, 0.05) is 43.9 Å². The van der Waals surface area contributed by atoms with Gasteiger partial charge in [0.15, 0.2) is 0 Å². The zero-order chi connectivity index (χ0) is 23.5. The highest BCUT2D eigenvalue weighted by molar-refractivity contribution is 7.18. The molecule has 1 fully saturated rings. The highest BCUT2D eigenvalue weighted by atomic mass is 35.5. The molecule has 172 valence electrons. The summed E-state index contributed by atoms with van der Waals surface area (Å²) in [6.07, 6.45) is 0.688. The molecule has 3 N–H and O–H groups in total. The Bertz CT molecular complexity index is 1250. The number of carbonyl (C=O) groups excluding carboxylic acids is 2. The Morgan fingerprint density at radius 3 is 2.70 bits per heavy atom. The molecule has 1 aromatic carbocycles. The lowest BCUT2D eigenvalue weighted by Gasteiger charge is -2.18. The molecule has 0 radical (unpaired) electrons. The van der Waals surface area contributed by atoms with Gasteiger partial charge in [0.05, 0.1) is 26.7 Å². The van der Waals surface area contributed by atoms with Crippen molar-refractivity contribution >= 4 is 40.6 Å². The van der Waals surface area contributed by atoms with Gasteiger partial charge in [-0.25, -0.2) is 9.18 Å². The summed E-state index contributed by atoms with van der Waals surface area (Å²) in [5.74, 6) is -1.37. The fourth-order valence-corrected chi connectivity index (χ4v) is 4.52. The van der Waals surface area contributed by atoms with E-state index in [9.17, 15) is 23.9 Å². The molecule has 0 bridgehead atoms. The van der Waals surface area contributed by atoms with Crippen LogP contribution in [0.25, 0.3) is 5.69 Å². The molecule has 3 aromatic rings. The van der Waals surface area contributed by atoms with Gasteiger partial charge in [-0.2, -0.15) is 0 Å². The zero-order valence-corrected chi connectivity index (χ0v) is 18.8. The first-order chi connectivity index (χ1) is 15.8. The Kier molecular flexibility index (Phi) is 6.77. The number of aliphatic hydroxyl groups is 1. The van der Waals surface area contributed by atoms with Crippen LogP contribution in [0.2, 0.25) is 4.34 Å². The van der Waals surface area contributed by atoms with Crippen LogP contribution >= 0.6 is 22.9 Å². The summed E-state index contributed by atoms with van der Waals surface area (Å²) in [5, 5.41) is 15.5. The Balaban J connectivity index is 1.35. The Labute approximate surface area is 197 Å². The first-order valence-corrected chi connectivity index (χ1v) is 11.3. The van der Waals surface area contributed by atoms with Gasteiger partial charge in [-0.15, -0.1) is 11.3 Å². The van der Waals surface area contributed by atoms with Crippen molar-refractivity contribution in [2.45, 2.75) is 6.10 Å². The van der Waals surface area contributed by atoms with E-state index in [1.165, 1.54) is 33.9 Å². The summed E-state index contributed by atoms with van der Waals surface area (Å²) in [4.78, 5) is 38.5. The molecule has 3 amide bonds. The summed E-state index contributed by atoms with van der Waals surface area (Å²) < 4.78 is 16.4. The molecule has 0 spiro atoms. The van der Waals surface area contributed by atoms with Gasteiger partial charge < -0.3 is 20.6 Å². The lowest BCUT2D eigenvalue weighted by atomic mass is 10.1. The van der Waals surface area contributed by atoms with Crippen LogP contribution in [0.5, 0.6) is 0 Å². The third-order valence-electron chi connectivity index (χ3n) is 5.31. The summed E-state index contributed by atoms with van der Waals surface area (Å²) in [6, 6.07) is 11.3. The summed E-state index contributed by atoms with van der Waals surface area (Å²) in [7, 11) is 0. The number of benzene rings is 1. The fraction of sp³-hybridized carbons (Fsp3) is 0.227. The van der Waals surface area contributed by atoms with Crippen LogP contribution in [-0.4, -0.2) is 52.3 Å². The quantitative estimate of drug-likeness (QED) is 0.511. The number of anilines is 1. The van der Waals surface area contributed by atoms with E-state index in [-0.39, 0.29) is 42.7 Å². The average molecular weight is 491 g/mol. The lowest BCUT2D eigenvalue weighted by Crippen LogP contribution is -2.35. The molecule has 2 aromatic heterocycles. The van der Waals surface area contributed by atoms with Gasteiger partial charge in [0.1, 0.15) is 5.82 Å². The SMILES string of the molecule is O=C(NC[C@@H]1CN(C(=O)Nc2ccc(-n3ccccc3=O)cc2F)C[C@H]1O)c1ccc(Cl)s1. The molecule has 0 aliphatic carbocycles. The summed E-state index contributed by atoms with van der Waals surface area (Å²) in [6.45, 7) is 0.419. The second-order valence-electron chi connectivity index (χ2n) is 7.55. The molecule has 1 aliphatic heterocycles. The number of halogens is 2. The van der Waals surface area contributed by atoms with Gasteiger partial charge in [-0.1, -0.05) is 17.7 Å². The number of hydrogen-bond donors (Lipinski definition) is 3. The van der Waals surface area contributed by atoms with E-state index in [4.69, 9.17) is 11.6 Å². The lowest BCUT2D eigenvalue weighted by molar-refractivity contribution is 0.0930. The normalized spacial score (nSPS) is 17.7. The van der Waals surface area contributed by atoms with Crippen LogP contribution in [0.1, 0.15) is 9.67 Å². The molecule has 1 saturated heterocycles. The Morgan fingerprint density at radius 2 is 2.00 bits per heavy atom. The number of likely N-dealkylation sites (tertiary alicyclic amines) is 1. The monoisotopic (exact) mass is 490 g/mol. The van der Waals surface area contributed by atoms with Crippen molar-refractivity contribution in [2.75, 3.05) is 25.0 Å². The second kappa shape index (κ2) is 9.74. The number of thiophene rings is 1. The second-order valence-corrected chi connectivity index (χ2v) is 9.26. The molecule has 0 saturated carbocycles. The van der Waals surface area contributed by atoms with Crippen molar-refractivity contribution in [2.24, 2.45) is 5.92 Å². The number of β-amino-alcohol motifs (C(OH)–C–C–N with tert-alkyl or cyclic N) is 1. The minimum atomic E-state index is -0.833. The Morgan fingerprint density at radius 1 is 1.18 bits per heavy atom. The van der Waals surface area contributed by atoms with Crippen LogP contribution in [0.3, 0.4) is 0 Å². The molecule has 1 aliphatic rings. The molecule has 33 heavy (non-hydrogen) atoms. The first kappa shape index (κ1) is 23.0. The third kappa shape index (κ3) is 5.24. The number of pyridine rings is 1. The van der Waals surface area contributed by atoms with Crippen molar-refractivity contribution in [3.8, 4) is 5.69 Å². The largest absolute Gasteiger partial charge is 0.391 e. The summed E-state index contributed by atoms with van der Waals surface area (Å²) in [5.41, 5.74) is -0.0240. The molecule has 0 unspecified atom stereocenters. The number of carbonyl (C=O) groups is 2. The van der Waals surface area contributed by atoms with Gasteiger partial charge in [0.2, 0.25) is 0 Å². The number of urea groups is 1. The van der Waals surface area contributed by atoms with Gasteiger partial charge in [0.25, 0.3) is 11.5 Å². The topological polar surface area (TPSA) is 104 Å². The van der Waals surface area contributed by atoms with E-state index >= 15 is 0 Å². The molecule has 4 rings (SSSR count). The average Bonchev–Trinajstić information content (AvgIpc) is 3.39. The van der Waals surface area contributed by atoms with Crippen LogP contribution in [0.15, 0.2) is 59.5 Å². The van der Waals surface area contributed by atoms with E-state index in [0.29, 0.717) is 14.9 Å². The van der Waals surface area contributed by atoms with Crippen molar-refractivity contribution in [1.82, 2.24) is 14.8 Å². The predicted octanol–water partition coefficient (Wildman–Crippen LogP) is 2.95. The van der Waals surface area contributed by atoms with Gasteiger partial charge >= 0.3 is 6.03 Å². The van der Waals surface area contributed by atoms with E-state index in [1.807, 2.05) is 0 Å². The number of nitrogens with one attached hydrogen (secondary N) is 2. The minimum Gasteiger partial charge on any atom is -0.391 e. The fourth-order valence-electron chi connectivity index (χ4n) is 3.56. The number of aromatic nitrogens is 1. The molecule has 8 nitrogen and oxygen atoms in total. The van der Waals surface area contributed by atoms with Crippen LogP contribution in [0, 0.1) is 11.7 Å². The zero-order valence-electron chi connectivity index (χ0n) is 17.2. The smallest absolute Gasteiger partial charge is 0.322 e. The third-order valence-corrected chi connectivity index (χ3v) is 6.54. The van der Waals surface area contributed by atoms with Gasteiger partial charge in [-0.3, -0.25) is 14.2 Å². The van der Waals surface area contributed by atoms with Crippen LogP contribution in [-0.2, 0) is 0 Å². The number of amides is 3. The molecule has 11 heteroatoms. The maximum absolute atomic E-state index is 14.6. The van der Waals surface area contributed by atoms with Crippen molar-refractivity contribution < 1.29 is 19.1 Å². The number of hydrogen-bond acceptors (Lipinski definition) is 5. The van der Waals surface area contributed by atoms with E-state index in [1.54, 1.807) is 24.3 Å². The highest BCUT2D eigenvalue weighted by Gasteiger charge is 2.34. The molecular weight excluding hydrogens is 471 g/mol. The number of aliphatic hydroxyl groups excluding tert-OH is 1. The number of rotatable bonds is 5. The van der Waals surface area contributed by atoms with E-state index in [0.717, 1.165) is 17.4 Å². The van der Waals surface area contributed by atoms with E-state index in [2.05, 4.69) is 10.6 Å². The Hall–Kier alpha value is -3.21. The van der Waals surface area contributed by atoms with E-state index < -0.39 is 18.0 Å². The standard InChI is InChI=1S/C22H20ClFN4O4S/c23-19-7-6-18(33-19)21(31)25-10-13-11-27(12-17(13)29)22(32)26-16-5-4-14(9-15(16)24)28-8-2-1-3-20(28)30/h1-9,13,17,29H,10-12H2,(H,25,31)(H,26,32)/t13-,17-/m1/s1. The van der Waals surface area contributed by atoms with Gasteiger partial charge in [-0.05, 0) is 30.3 Å². The minimum absolute atomic E-state index is 0.0476. The van der Waals surface area contributed by atoms with Crippen molar-refractivity contribution in [3.05, 3.63) is 80.1 Å². The van der Waals surface area contributed by atoms with Crippen LogP contribution < -0.4 is 16.2 Å². The van der Waals surface area contributed by atoms with Crippen molar-refractivity contribution in [3.63, 3.8) is 0 Å². The number of nitrogens with zero attached hydrogens (tertiary/aromatic N) is 2. The predicted molar refractivity (Wildman–Crippen MR) is 124 cm³/mol. The maximum atomic E-state index is 14.6. The molecule has 2 atom stereocenters. The summed E-state index contributed by atoms with van der Waals surface area (Å²) >= 11 is 6.99. The molecular formula is C22H20ClFN4O4S.